The van der Waals surface area contributed by atoms with E-state index in [4.69, 9.17) is 0 Å². The Balaban J connectivity index is 1.46. The van der Waals surface area contributed by atoms with Gasteiger partial charge in [0.2, 0.25) is 17.0 Å². The molecule has 0 fully saturated rings. The van der Waals surface area contributed by atoms with Crippen molar-refractivity contribution in [2.45, 2.75) is 22.9 Å². The van der Waals surface area contributed by atoms with Crippen LogP contribution in [0.3, 0.4) is 0 Å². The summed E-state index contributed by atoms with van der Waals surface area (Å²) in [6.45, 7) is 2.62. The smallest absolute Gasteiger partial charge is 0.240 e. The Hall–Kier alpha value is -2.04. The molecule has 10 heteroatoms. The van der Waals surface area contributed by atoms with Crippen LogP contribution >= 0.6 is 34.4 Å². The SMILES string of the molecule is CC(Sc1nnc(NCCc2cccs2)s1)C(=O)Nc1ncccn1. The van der Waals surface area contributed by atoms with Gasteiger partial charge in [0.1, 0.15) is 0 Å². The Morgan fingerprint density at radius 1 is 1.28 bits per heavy atom. The van der Waals surface area contributed by atoms with Gasteiger partial charge in [-0.2, -0.15) is 0 Å². The zero-order valence-electron chi connectivity index (χ0n) is 13.4. The molecule has 0 saturated heterocycles. The molecule has 3 aromatic rings. The van der Waals surface area contributed by atoms with Gasteiger partial charge in [0.25, 0.3) is 0 Å². The number of anilines is 2. The first-order chi connectivity index (χ1) is 12.2. The number of carbonyl (C=O) groups excluding carboxylic acids is 1. The van der Waals surface area contributed by atoms with Crippen molar-refractivity contribution in [3.63, 3.8) is 0 Å². The van der Waals surface area contributed by atoms with E-state index in [1.807, 2.05) is 13.0 Å². The molecule has 3 heterocycles. The van der Waals surface area contributed by atoms with Crippen LogP contribution < -0.4 is 10.6 Å². The van der Waals surface area contributed by atoms with Crippen molar-refractivity contribution in [3.05, 3.63) is 40.8 Å². The van der Waals surface area contributed by atoms with Crippen molar-refractivity contribution in [3.8, 4) is 0 Å². The molecule has 3 rings (SSSR count). The predicted molar refractivity (Wildman–Crippen MR) is 102 cm³/mol. The lowest BCUT2D eigenvalue weighted by molar-refractivity contribution is -0.115. The maximum Gasteiger partial charge on any atom is 0.240 e. The fourth-order valence-electron chi connectivity index (χ4n) is 1.86. The Labute approximate surface area is 157 Å². The summed E-state index contributed by atoms with van der Waals surface area (Å²) in [6, 6.07) is 5.86. The summed E-state index contributed by atoms with van der Waals surface area (Å²) < 4.78 is 0.746. The van der Waals surface area contributed by atoms with Crippen LogP contribution in [0, 0.1) is 0 Å². The summed E-state index contributed by atoms with van der Waals surface area (Å²) in [7, 11) is 0. The van der Waals surface area contributed by atoms with Crippen LogP contribution in [0.5, 0.6) is 0 Å². The summed E-state index contributed by atoms with van der Waals surface area (Å²) in [4.78, 5) is 21.5. The largest absolute Gasteiger partial charge is 0.360 e. The first kappa shape index (κ1) is 17.8. The minimum atomic E-state index is -0.323. The molecule has 130 valence electrons. The number of nitrogens with one attached hydrogen (secondary N) is 2. The molecule has 0 aliphatic heterocycles. The fourth-order valence-corrected chi connectivity index (χ4v) is 4.49. The Bertz CT molecular complexity index is 793. The van der Waals surface area contributed by atoms with Crippen molar-refractivity contribution in [2.75, 3.05) is 17.2 Å². The first-order valence-corrected chi connectivity index (χ1v) is 10.1. The van der Waals surface area contributed by atoms with Crippen LogP contribution in [0.4, 0.5) is 11.1 Å². The highest BCUT2D eigenvalue weighted by Crippen LogP contribution is 2.29. The number of nitrogens with zero attached hydrogens (tertiary/aromatic N) is 4. The van der Waals surface area contributed by atoms with Crippen molar-refractivity contribution in [2.24, 2.45) is 0 Å². The summed E-state index contributed by atoms with van der Waals surface area (Å²) in [5, 5.41) is 16.7. The standard InChI is InChI=1S/C15H16N6OS3/c1-10(12(22)19-13-16-6-3-7-17-13)24-15-21-20-14(25-15)18-8-5-11-4-2-9-23-11/h2-4,6-7,9-10H,5,8H2,1H3,(H,18,20)(H,16,17,19,22). The third kappa shape index (κ3) is 5.48. The number of aromatic nitrogens is 4. The van der Waals surface area contributed by atoms with E-state index < -0.39 is 0 Å². The number of rotatable bonds is 8. The summed E-state index contributed by atoms with van der Waals surface area (Å²) in [5.74, 6) is 0.131. The predicted octanol–water partition coefficient (Wildman–Crippen LogP) is 3.16. The molecule has 0 aliphatic rings. The van der Waals surface area contributed by atoms with Gasteiger partial charge in [0.15, 0.2) is 4.34 Å². The van der Waals surface area contributed by atoms with Crippen molar-refractivity contribution in [1.82, 2.24) is 20.2 Å². The van der Waals surface area contributed by atoms with Crippen molar-refractivity contribution < 1.29 is 4.79 Å². The lowest BCUT2D eigenvalue weighted by atomic mass is 10.3. The van der Waals surface area contributed by atoms with Crippen LogP contribution in [0.1, 0.15) is 11.8 Å². The number of thioether (sulfide) groups is 1. The molecule has 0 radical (unpaired) electrons. The molecular weight excluding hydrogens is 376 g/mol. The van der Waals surface area contributed by atoms with E-state index in [2.05, 4.69) is 42.2 Å². The molecule has 2 N–H and O–H groups in total. The molecule has 3 aromatic heterocycles. The van der Waals surface area contributed by atoms with Crippen LogP contribution in [-0.2, 0) is 11.2 Å². The highest BCUT2D eigenvalue weighted by Gasteiger charge is 2.18. The molecule has 7 nitrogen and oxygen atoms in total. The van der Waals surface area contributed by atoms with Gasteiger partial charge in [0, 0.05) is 23.8 Å². The molecule has 1 amide bonds. The lowest BCUT2D eigenvalue weighted by Gasteiger charge is -2.08. The number of hydrogen-bond acceptors (Lipinski definition) is 9. The molecule has 0 aliphatic carbocycles. The first-order valence-electron chi connectivity index (χ1n) is 7.55. The number of amides is 1. The van der Waals surface area contributed by atoms with Crippen molar-refractivity contribution in [1.29, 1.82) is 0 Å². The topological polar surface area (TPSA) is 92.7 Å². The molecule has 0 spiro atoms. The Morgan fingerprint density at radius 3 is 2.88 bits per heavy atom. The molecule has 0 bridgehead atoms. The van der Waals surface area contributed by atoms with Gasteiger partial charge >= 0.3 is 0 Å². The van der Waals surface area contributed by atoms with Gasteiger partial charge in [0.05, 0.1) is 5.25 Å². The molecule has 1 unspecified atom stereocenters. The maximum atomic E-state index is 12.2. The average molecular weight is 393 g/mol. The maximum absolute atomic E-state index is 12.2. The second-order valence-corrected chi connectivity index (χ2v) is 8.55. The second-order valence-electron chi connectivity index (χ2n) is 4.95. The van der Waals surface area contributed by atoms with E-state index in [9.17, 15) is 4.79 Å². The Morgan fingerprint density at radius 2 is 2.12 bits per heavy atom. The molecular formula is C15H16N6OS3. The Kier molecular flexibility index (Phi) is 6.31. The minimum absolute atomic E-state index is 0.168. The highest BCUT2D eigenvalue weighted by atomic mass is 32.2. The number of thiophene rings is 1. The van der Waals surface area contributed by atoms with Crippen LogP contribution in [-0.4, -0.2) is 37.9 Å². The molecule has 0 aromatic carbocycles. The van der Waals surface area contributed by atoms with Gasteiger partial charge in [-0.3, -0.25) is 10.1 Å². The summed E-state index contributed by atoms with van der Waals surface area (Å²) in [5.41, 5.74) is 0. The van der Waals surface area contributed by atoms with E-state index in [-0.39, 0.29) is 11.2 Å². The van der Waals surface area contributed by atoms with Gasteiger partial charge in [-0.15, -0.1) is 21.5 Å². The van der Waals surface area contributed by atoms with Crippen LogP contribution in [0.2, 0.25) is 0 Å². The second kappa shape index (κ2) is 8.88. The summed E-state index contributed by atoms with van der Waals surface area (Å²) >= 11 is 4.55. The zero-order chi connectivity index (χ0) is 17.5. The third-order valence-corrected chi connectivity index (χ3v) is 6.08. The van der Waals surface area contributed by atoms with E-state index >= 15 is 0 Å². The highest BCUT2D eigenvalue weighted by molar-refractivity contribution is 8.02. The normalized spacial score (nSPS) is 11.9. The van der Waals surface area contributed by atoms with Gasteiger partial charge in [-0.05, 0) is 30.9 Å². The molecule has 1 atom stereocenters. The van der Waals surface area contributed by atoms with Crippen molar-refractivity contribution >= 4 is 51.4 Å². The minimum Gasteiger partial charge on any atom is -0.360 e. The molecule has 25 heavy (non-hydrogen) atoms. The zero-order valence-corrected chi connectivity index (χ0v) is 15.8. The van der Waals surface area contributed by atoms with E-state index in [1.165, 1.54) is 28.0 Å². The third-order valence-electron chi connectivity index (χ3n) is 3.08. The van der Waals surface area contributed by atoms with Gasteiger partial charge < -0.3 is 5.32 Å². The number of hydrogen-bond donors (Lipinski definition) is 2. The monoisotopic (exact) mass is 392 g/mol. The van der Waals surface area contributed by atoms with E-state index in [0.717, 1.165) is 22.4 Å². The summed E-state index contributed by atoms with van der Waals surface area (Å²) in [6.07, 6.45) is 4.12. The van der Waals surface area contributed by atoms with Crippen LogP contribution in [0.15, 0.2) is 40.3 Å². The lowest BCUT2D eigenvalue weighted by Crippen LogP contribution is -2.23. The van der Waals surface area contributed by atoms with E-state index in [0.29, 0.717) is 5.95 Å². The number of carbonyl (C=O) groups is 1. The average Bonchev–Trinajstić information content (AvgIpc) is 3.28. The van der Waals surface area contributed by atoms with E-state index in [1.54, 1.807) is 29.8 Å². The van der Waals surface area contributed by atoms with Gasteiger partial charge in [-0.1, -0.05) is 29.2 Å². The molecule has 0 saturated carbocycles. The quantitative estimate of drug-likeness (QED) is 0.569. The fraction of sp³-hybridized carbons (Fsp3) is 0.267. The van der Waals surface area contributed by atoms with Crippen LogP contribution in [0.25, 0.3) is 0 Å². The van der Waals surface area contributed by atoms with Gasteiger partial charge in [-0.25, -0.2) is 9.97 Å².